The van der Waals surface area contributed by atoms with Crippen LogP contribution in [0.5, 0.6) is 0 Å². The van der Waals surface area contributed by atoms with Crippen molar-refractivity contribution >= 4 is 107 Å². The summed E-state index contributed by atoms with van der Waals surface area (Å²) in [6.07, 6.45) is 0. The molecule has 0 heterocycles. The summed E-state index contributed by atoms with van der Waals surface area (Å²) >= 11 is 18.4. The third-order valence-corrected chi connectivity index (χ3v) is 11.3. The molecule has 278 valence electrons. The van der Waals surface area contributed by atoms with Gasteiger partial charge in [-0.25, -0.2) is 0 Å². The summed E-state index contributed by atoms with van der Waals surface area (Å²) in [7, 11) is 0. The summed E-state index contributed by atoms with van der Waals surface area (Å²) in [4.78, 5) is 0. The van der Waals surface area contributed by atoms with Crippen LogP contribution in [0.2, 0.25) is 0 Å². The molecule has 10 heteroatoms. The van der Waals surface area contributed by atoms with Gasteiger partial charge in [-0.3, -0.25) is 0 Å². The first-order valence-corrected chi connectivity index (χ1v) is 22.5. The fraction of sp³-hybridized carbons (Fsp3) is 0.133. The van der Waals surface area contributed by atoms with Crippen molar-refractivity contribution in [1.29, 1.82) is 0 Å². The van der Waals surface area contributed by atoms with E-state index in [2.05, 4.69) is 255 Å². The zero-order valence-corrected chi connectivity index (χ0v) is 41.6. The van der Waals surface area contributed by atoms with E-state index in [0.717, 1.165) is 49.8 Å². The summed E-state index contributed by atoms with van der Waals surface area (Å²) in [6, 6.07) is 63.1. The predicted octanol–water partition coefficient (Wildman–Crippen LogP) is 6.27. The van der Waals surface area contributed by atoms with E-state index in [1.807, 2.05) is 36.4 Å². The molecule has 0 aliphatic heterocycles. The molecule has 0 fully saturated rings. The van der Waals surface area contributed by atoms with Crippen molar-refractivity contribution in [3.8, 4) is 0 Å². The zero-order valence-electron chi connectivity index (χ0n) is 30.2. The number of rotatable bonds is 12. The van der Waals surface area contributed by atoms with Crippen LogP contribution in [0.15, 0.2) is 182 Å². The van der Waals surface area contributed by atoms with Crippen molar-refractivity contribution < 1.29 is 30.8 Å². The van der Waals surface area contributed by atoms with Crippen LogP contribution in [0.1, 0.15) is 33.4 Å². The van der Waals surface area contributed by atoms with Gasteiger partial charge in [0, 0.05) is 17.1 Å². The van der Waals surface area contributed by atoms with Crippen molar-refractivity contribution in [3.63, 3.8) is 0 Å². The van der Waals surface area contributed by atoms with Crippen LogP contribution in [0.4, 0.5) is 0 Å². The quantitative estimate of drug-likeness (QED) is 0.0778. The third-order valence-electron chi connectivity index (χ3n) is 8.07. The average molecular weight is 1150 g/mol. The van der Waals surface area contributed by atoms with Crippen molar-refractivity contribution in [2.24, 2.45) is 0 Å². The SMILES string of the molecule is [Fe].[Se]C([Se])=[N+](Cc1ccccc1)Cc1ccccc1.[Se]C([Se])=[N+](Cc1ccccc1)Cc1ccccc1.[Se]C([Se])=[N+](Cc1ccccc1)Cc1ccccc1. The van der Waals surface area contributed by atoms with Crippen molar-refractivity contribution in [3.05, 3.63) is 215 Å². The van der Waals surface area contributed by atoms with Crippen LogP contribution in [-0.2, 0) is 56.3 Å². The first-order chi connectivity index (χ1) is 26.3. The molecule has 0 spiro atoms. The van der Waals surface area contributed by atoms with E-state index in [1.54, 1.807) is 0 Å². The van der Waals surface area contributed by atoms with Gasteiger partial charge in [0.05, 0.1) is 0 Å². The Balaban J connectivity index is 0.000000220. The molecule has 0 saturated heterocycles. The predicted molar refractivity (Wildman–Crippen MR) is 231 cm³/mol. The van der Waals surface area contributed by atoms with Crippen molar-refractivity contribution in [2.75, 3.05) is 0 Å². The summed E-state index contributed by atoms with van der Waals surface area (Å²) in [5.74, 6) is 0. The van der Waals surface area contributed by atoms with Gasteiger partial charge in [0.2, 0.25) is 0 Å². The van der Waals surface area contributed by atoms with Gasteiger partial charge < -0.3 is 0 Å². The molecular weight excluding hydrogens is 1110 g/mol. The zero-order chi connectivity index (χ0) is 38.4. The Labute approximate surface area is 388 Å². The van der Waals surface area contributed by atoms with E-state index in [-0.39, 0.29) is 17.1 Å². The van der Waals surface area contributed by atoms with Crippen molar-refractivity contribution in [2.45, 2.75) is 39.3 Å². The Morgan fingerprint density at radius 2 is 0.382 bits per heavy atom. The second-order valence-corrected chi connectivity index (χ2v) is 21.1. The van der Waals surface area contributed by atoms with Gasteiger partial charge in [0.1, 0.15) is 0 Å². The van der Waals surface area contributed by atoms with Gasteiger partial charge in [-0.05, 0) is 0 Å². The van der Waals surface area contributed by atoms with E-state index in [9.17, 15) is 0 Å². The van der Waals surface area contributed by atoms with E-state index in [1.165, 1.54) is 33.4 Å². The molecule has 6 radical (unpaired) electrons. The maximum atomic E-state index is 3.07. The molecule has 6 aromatic carbocycles. The molecule has 0 aromatic heterocycles. The summed E-state index contributed by atoms with van der Waals surface area (Å²) in [5.41, 5.74) is 7.90. The summed E-state index contributed by atoms with van der Waals surface area (Å²) in [6.45, 7) is 5.45. The topological polar surface area (TPSA) is 9.03 Å². The average Bonchev–Trinajstić information content (AvgIpc) is 3.20. The molecule has 0 aliphatic rings. The van der Waals surface area contributed by atoms with E-state index in [0.29, 0.717) is 0 Å². The molecule has 0 amide bonds. The summed E-state index contributed by atoms with van der Waals surface area (Å²) in [5, 5.41) is 0. The molecule has 0 bridgehead atoms. The number of hydrogen-bond acceptors (Lipinski definition) is 0. The fourth-order valence-corrected chi connectivity index (χ4v) is 7.00. The Morgan fingerprint density at radius 1 is 0.255 bits per heavy atom. The normalized spacial score (nSPS) is 9.82. The van der Waals surface area contributed by atoms with Crippen LogP contribution < -0.4 is 0 Å². The molecule has 0 unspecified atom stereocenters. The maximum absolute atomic E-state index is 3.07. The monoisotopic (exact) mass is 1160 g/mol. The standard InChI is InChI=1S/3C15H14NSe2.Fe/c3*17-15(18)16(11-13-7-3-1-4-8-13)12-14-9-5-2-6-10-14;/h3*1-10H,11-12H2;/q3*+1;. The number of benzene rings is 6. The van der Waals surface area contributed by atoms with E-state index in [4.69, 9.17) is 0 Å². The second kappa shape index (κ2) is 27.6. The van der Waals surface area contributed by atoms with Gasteiger partial charge in [-0.1, -0.05) is 0 Å². The molecule has 55 heavy (non-hydrogen) atoms. The van der Waals surface area contributed by atoms with Crippen LogP contribution in [0.25, 0.3) is 0 Å². The van der Waals surface area contributed by atoms with Crippen LogP contribution >= 0.6 is 0 Å². The molecule has 0 N–H and O–H groups in total. The van der Waals surface area contributed by atoms with Gasteiger partial charge in [-0.15, -0.1) is 0 Å². The van der Waals surface area contributed by atoms with E-state index >= 15 is 0 Å². The third kappa shape index (κ3) is 19.3. The summed E-state index contributed by atoms with van der Waals surface area (Å²) < 4.78 is 10.2. The first-order valence-electron chi connectivity index (χ1n) is 17.4. The molecule has 6 aromatic rings. The van der Waals surface area contributed by atoms with Gasteiger partial charge >= 0.3 is 375 Å². The van der Waals surface area contributed by atoms with Crippen molar-refractivity contribution in [1.82, 2.24) is 0 Å². The van der Waals surface area contributed by atoms with E-state index < -0.39 is 0 Å². The van der Waals surface area contributed by atoms with Crippen LogP contribution in [0.3, 0.4) is 0 Å². The fourth-order valence-electron chi connectivity index (χ4n) is 5.38. The van der Waals surface area contributed by atoms with Gasteiger partial charge in [0.15, 0.2) is 0 Å². The molecule has 0 atom stereocenters. The Bertz CT molecular complexity index is 1670. The van der Waals surface area contributed by atoms with Crippen LogP contribution in [0, 0.1) is 0 Å². The Morgan fingerprint density at radius 3 is 0.491 bits per heavy atom. The molecule has 3 nitrogen and oxygen atoms in total. The Hall–Kier alpha value is -2.03. The number of nitrogens with zero attached hydrogens (tertiary/aromatic N) is 3. The Kier molecular flexibility index (Phi) is 23.7. The second-order valence-electron chi connectivity index (χ2n) is 12.3. The minimum atomic E-state index is 0. The molecule has 6 rings (SSSR count). The first kappa shape index (κ1) is 47.3. The van der Waals surface area contributed by atoms with Gasteiger partial charge in [-0.2, -0.15) is 0 Å². The van der Waals surface area contributed by atoms with Crippen LogP contribution in [-0.4, -0.2) is 120 Å². The molecular formula is C45H42FeN3Se6+3. The minimum absolute atomic E-state index is 0. The molecule has 0 aliphatic carbocycles. The molecule has 0 saturated carbocycles. The number of hydrogen-bond donors (Lipinski definition) is 0. The van der Waals surface area contributed by atoms with Gasteiger partial charge in [0.25, 0.3) is 0 Å².